The third kappa shape index (κ3) is 2.96. The second kappa shape index (κ2) is 5.18. The largest absolute Gasteiger partial charge is 0.319 e. The van der Waals surface area contributed by atoms with Gasteiger partial charge in [-0.25, -0.2) is 4.98 Å². The van der Waals surface area contributed by atoms with Gasteiger partial charge in [-0.15, -0.1) is 22.7 Å². The fourth-order valence-corrected chi connectivity index (χ4v) is 4.07. The van der Waals surface area contributed by atoms with E-state index in [1.54, 1.807) is 22.7 Å². The lowest BCUT2D eigenvalue weighted by Crippen LogP contribution is -2.30. The van der Waals surface area contributed by atoms with Gasteiger partial charge in [0.2, 0.25) is 0 Å². The monoisotopic (exact) mass is 330 g/mol. The summed E-state index contributed by atoms with van der Waals surface area (Å²) in [5.41, 5.74) is 1.18. The van der Waals surface area contributed by atoms with Crippen LogP contribution in [-0.2, 0) is 5.41 Å². The zero-order valence-electron chi connectivity index (χ0n) is 10.1. The maximum atomic E-state index is 4.75. The number of hydrogen-bond donors (Lipinski definition) is 1. The Hall–Kier alpha value is -0.230. The van der Waals surface area contributed by atoms with Crippen LogP contribution in [0.5, 0.6) is 0 Å². The molecule has 0 unspecified atom stereocenters. The van der Waals surface area contributed by atoms with E-state index in [1.807, 2.05) is 7.05 Å². The highest BCUT2D eigenvalue weighted by molar-refractivity contribution is 9.10. The first-order chi connectivity index (χ1) is 8.03. The van der Waals surface area contributed by atoms with Crippen LogP contribution in [0.4, 0.5) is 0 Å². The van der Waals surface area contributed by atoms with Gasteiger partial charge in [0.25, 0.3) is 0 Å². The summed E-state index contributed by atoms with van der Waals surface area (Å²) in [6.45, 7) is 5.38. The Morgan fingerprint density at radius 3 is 2.71 bits per heavy atom. The molecule has 2 nitrogen and oxygen atoms in total. The van der Waals surface area contributed by atoms with E-state index in [0.29, 0.717) is 0 Å². The van der Waals surface area contributed by atoms with Crippen LogP contribution >= 0.6 is 38.6 Å². The predicted octanol–water partition coefficient (Wildman–Crippen LogP) is 4.13. The second-order valence-corrected chi connectivity index (χ2v) is 7.27. The minimum absolute atomic E-state index is 0.0894. The molecule has 2 aromatic heterocycles. The summed E-state index contributed by atoms with van der Waals surface area (Å²) in [6, 6.07) is 2.12. The van der Waals surface area contributed by atoms with Crippen molar-refractivity contribution in [3.8, 4) is 10.6 Å². The molecule has 0 amide bonds. The topological polar surface area (TPSA) is 24.9 Å². The molecule has 0 saturated heterocycles. The molecule has 0 aromatic carbocycles. The van der Waals surface area contributed by atoms with Crippen molar-refractivity contribution in [1.29, 1.82) is 0 Å². The number of rotatable bonds is 4. The lowest BCUT2D eigenvalue weighted by molar-refractivity contribution is 0.492. The molecular weight excluding hydrogens is 316 g/mol. The highest BCUT2D eigenvalue weighted by Crippen LogP contribution is 2.33. The van der Waals surface area contributed by atoms with Crippen LogP contribution in [0.25, 0.3) is 10.6 Å². The molecule has 0 atom stereocenters. The number of hydrogen-bond acceptors (Lipinski definition) is 4. The lowest BCUT2D eigenvalue weighted by Gasteiger charge is -2.20. The summed E-state index contributed by atoms with van der Waals surface area (Å²) < 4.78 is 1.13. The third-order valence-electron chi connectivity index (χ3n) is 2.52. The van der Waals surface area contributed by atoms with Crippen molar-refractivity contribution in [3.63, 3.8) is 0 Å². The molecule has 1 N–H and O–H groups in total. The molecule has 0 radical (unpaired) electrons. The van der Waals surface area contributed by atoms with E-state index < -0.39 is 0 Å². The summed E-state index contributed by atoms with van der Waals surface area (Å²) in [5.74, 6) is 0. The quantitative estimate of drug-likeness (QED) is 0.911. The average Bonchev–Trinajstić information content (AvgIpc) is 2.85. The highest BCUT2D eigenvalue weighted by atomic mass is 79.9. The fraction of sp³-hybridized carbons (Fsp3) is 0.417. The Kier molecular flexibility index (Phi) is 4.02. The standard InChI is InChI=1S/C12H15BrN2S2/c1-12(2,7-14-3)11-15-9(6-17-11)10-4-8(13)5-16-10/h4-6,14H,7H2,1-3H3. The number of halogens is 1. The zero-order valence-corrected chi connectivity index (χ0v) is 13.3. The fourth-order valence-electron chi connectivity index (χ4n) is 1.66. The maximum Gasteiger partial charge on any atom is 0.100 e. The van der Waals surface area contributed by atoms with Crippen molar-refractivity contribution >= 4 is 38.6 Å². The number of aromatic nitrogens is 1. The van der Waals surface area contributed by atoms with Crippen molar-refractivity contribution in [1.82, 2.24) is 10.3 Å². The first-order valence-electron chi connectivity index (χ1n) is 5.38. The molecule has 0 bridgehead atoms. The molecule has 0 aliphatic rings. The average molecular weight is 331 g/mol. The highest BCUT2D eigenvalue weighted by Gasteiger charge is 2.23. The molecule has 0 aliphatic carbocycles. The molecule has 2 rings (SSSR count). The SMILES string of the molecule is CNCC(C)(C)c1nc(-c2cc(Br)cs2)cs1. The Bertz CT molecular complexity index is 502. The first-order valence-corrected chi connectivity index (χ1v) is 7.93. The Morgan fingerprint density at radius 1 is 1.35 bits per heavy atom. The van der Waals surface area contributed by atoms with Crippen molar-refractivity contribution < 1.29 is 0 Å². The normalized spacial score (nSPS) is 12.0. The van der Waals surface area contributed by atoms with E-state index in [4.69, 9.17) is 4.98 Å². The van der Waals surface area contributed by atoms with Gasteiger partial charge in [0.05, 0.1) is 10.6 Å². The second-order valence-electron chi connectivity index (χ2n) is 4.58. The molecule has 5 heteroatoms. The van der Waals surface area contributed by atoms with Gasteiger partial charge in [0, 0.05) is 27.2 Å². The smallest absolute Gasteiger partial charge is 0.100 e. The molecule has 0 aliphatic heterocycles. The van der Waals surface area contributed by atoms with E-state index in [0.717, 1.165) is 16.7 Å². The number of thiophene rings is 1. The van der Waals surface area contributed by atoms with E-state index in [9.17, 15) is 0 Å². The molecule has 0 spiro atoms. The van der Waals surface area contributed by atoms with Gasteiger partial charge in [0.15, 0.2) is 0 Å². The Morgan fingerprint density at radius 2 is 2.12 bits per heavy atom. The Balaban J connectivity index is 2.27. The van der Waals surface area contributed by atoms with Gasteiger partial charge in [-0.2, -0.15) is 0 Å². The van der Waals surface area contributed by atoms with E-state index in [2.05, 4.69) is 51.9 Å². The van der Waals surface area contributed by atoms with E-state index >= 15 is 0 Å². The maximum absolute atomic E-state index is 4.75. The molecule has 2 aromatic rings. The molecule has 0 saturated carbocycles. The molecule has 92 valence electrons. The summed E-state index contributed by atoms with van der Waals surface area (Å²) in [7, 11) is 1.98. The first kappa shape index (κ1) is 13.2. The molecule has 2 heterocycles. The van der Waals surface area contributed by atoms with Gasteiger partial charge in [-0.1, -0.05) is 13.8 Å². The summed E-state index contributed by atoms with van der Waals surface area (Å²) in [6.07, 6.45) is 0. The summed E-state index contributed by atoms with van der Waals surface area (Å²) >= 11 is 6.94. The lowest BCUT2D eigenvalue weighted by atomic mass is 9.95. The predicted molar refractivity (Wildman–Crippen MR) is 80.1 cm³/mol. The van der Waals surface area contributed by atoms with Crippen LogP contribution < -0.4 is 5.32 Å². The van der Waals surface area contributed by atoms with Gasteiger partial charge >= 0.3 is 0 Å². The van der Waals surface area contributed by atoms with Crippen LogP contribution in [0.3, 0.4) is 0 Å². The van der Waals surface area contributed by atoms with Crippen LogP contribution in [0.15, 0.2) is 21.3 Å². The van der Waals surface area contributed by atoms with Gasteiger partial charge in [-0.3, -0.25) is 0 Å². The van der Waals surface area contributed by atoms with Crippen molar-refractivity contribution in [3.05, 3.63) is 26.3 Å². The minimum atomic E-state index is 0.0894. The van der Waals surface area contributed by atoms with Crippen molar-refractivity contribution in [2.45, 2.75) is 19.3 Å². The number of nitrogens with zero attached hydrogens (tertiary/aromatic N) is 1. The van der Waals surface area contributed by atoms with E-state index in [1.165, 1.54) is 9.88 Å². The van der Waals surface area contributed by atoms with Crippen molar-refractivity contribution in [2.75, 3.05) is 13.6 Å². The summed E-state index contributed by atoms with van der Waals surface area (Å²) in [4.78, 5) is 5.97. The minimum Gasteiger partial charge on any atom is -0.319 e. The molecular formula is C12H15BrN2S2. The van der Waals surface area contributed by atoms with Gasteiger partial charge in [-0.05, 0) is 29.0 Å². The van der Waals surface area contributed by atoms with Crippen molar-refractivity contribution in [2.24, 2.45) is 0 Å². The zero-order chi connectivity index (χ0) is 12.5. The number of likely N-dealkylation sites (N-methyl/N-ethyl adjacent to an activating group) is 1. The van der Waals surface area contributed by atoms with Gasteiger partial charge < -0.3 is 5.32 Å². The third-order valence-corrected chi connectivity index (χ3v) is 5.44. The van der Waals surface area contributed by atoms with E-state index in [-0.39, 0.29) is 5.41 Å². The van der Waals surface area contributed by atoms with Crippen LogP contribution in [-0.4, -0.2) is 18.6 Å². The van der Waals surface area contributed by atoms with Crippen LogP contribution in [0, 0.1) is 0 Å². The van der Waals surface area contributed by atoms with Crippen LogP contribution in [0.1, 0.15) is 18.9 Å². The number of thiazole rings is 1. The number of nitrogens with one attached hydrogen (secondary N) is 1. The van der Waals surface area contributed by atoms with Gasteiger partial charge in [0.1, 0.15) is 5.01 Å². The Labute approximate surface area is 118 Å². The summed E-state index contributed by atoms with van der Waals surface area (Å²) in [5, 5.41) is 8.64. The molecule has 0 fully saturated rings. The van der Waals surface area contributed by atoms with Crippen LogP contribution in [0.2, 0.25) is 0 Å². The molecule has 17 heavy (non-hydrogen) atoms.